The quantitative estimate of drug-likeness (QED) is 0.729. The summed E-state index contributed by atoms with van der Waals surface area (Å²) in [4.78, 5) is 12.1. The van der Waals surface area contributed by atoms with E-state index in [-0.39, 0.29) is 12.6 Å². The maximum Gasteiger partial charge on any atom is 0.319 e. The van der Waals surface area contributed by atoms with Gasteiger partial charge >= 0.3 is 6.03 Å². The van der Waals surface area contributed by atoms with E-state index < -0.39 is 0 Å². The molecule has 5 nitrogen and oxygen atoms in total. The molecule has 0 bridgehead atoms. The van der Waals surface area contributed by atoms with Gasteiger partial charge in [-0.3, -0.25) is 0 Å². The van der Waals surface area contributed by atoms with Crippen LogP contribution in [0.15, 0.2) is 24.3 Å². The fraction of sp³-hybridized carbons (Fsp3) is 0.429. The van der Waals surface area contributed by atoms with Gasteiger partial charge in [0.2, 0.25) is 0 Å². The lowest BCUT2D eigenvalue weighted by Crippen LogP contribution is -2.36. The Balaban J connectivity index is 1.86. The van der Waals surface area contributed by atoms with Crippen LogP contribution in [0, 0.1) is 0 Å². The summed E-state index contributed by atoms with van der Waals surface area (Å²) < 4.78 is 5.39. The first-order valence-electron chi connectivity index (χ1n) is 6.72. The number of benzene rings is 1. The maximum absolute atomic E-state index is 11.8. The van der Waals surface area contributed by atoms with Crippen LogP contribution in [-0.4, -0.2) is 23.7 Å². The molecule has 1 aliphatic carbocycles. The second-order valence-electron chi connectivity index (χ2n) is 4.86. The molecule has 0 saturated heterocycles. The van der Waals surface area contributed by atoms with Crippen LogP contribution < -0.4 is 21.1 Å². The third kappa shape index (κ3) is 4.70. The molecule has 1 saturated carbocycles. The van der Waals surface area contributed by atoms with Crippen LogP contribution in [0.5, 0.6) is 5.75 Å². The average Bonchev–Trinajstić information content (AvgIpc) is 2.89. The molecule has 0 aliphatic heterocycles. The van der Waals surface area contributed by atoms with E-state index in [9.17, 15) is 4.79 Å². The largest absolute Gasteiger partial charge is 0.486 e. The zero-order chi connectivity index (χ0) is 14.4. The molecule has 1 aliphatic rings. The molecule has 108 valence electrons. The van der Waals surface area contributed by atoms with Gasteiger partial charge in [-0.1, -0.05) is 31.1 Å². The molecule has 0 atom stereocenters. The maximum atomic E-state index is 11.8. The number of urea groups is 1. The number of rotatable bonds is 5. The van der Waals surface area contributed by atoms with Crippen molar-refractivity contribution >= 4 is 28.9 Å². The number of thiocarbonyl (C=S) groups is 1. The van der Waals surface area contributed by atoms with E-state index in [4.69, 9.17) is 22.7 Å². The van der Waals surface area contributed by atoms with E-state index >= 15 is 0 Å². The lowest BCUT2D eigenvalue weighted by atomic mass is 10.2. The minimum atomic E-state index is -0.177. The van der Waals surface area contributed by atoms with Crippen molar-refractivity contribution in [1.29, 1.82) is 0 Å². The first-order chi connectivity index (χ1) is 9.63. The number of carbonyl (C=O) groups excluding carboxylic acids is 1. The van der Waals surface area contributed by atoms with Crippen LogP contribution in [0.25, 0.3) is 0 Å². The Kier molecular flexibility index (Phi) is 5.17. The number of amides is 2. The monoisotopic (exact) mass is 293 g/mol. The number of carbonyl (C=O) groups is 1. The van der Waals surface area contributed by atoms with Crippen molar-refractivity contribution in [1.82, 2.24) is 5.32 Å². The summed E-state index contributed by atoms with van der Waals surface area (Å²) in [6, 6.07) is 7.26. The molecule has 0 unspecified atom stereocenters. The number of ether oxygens (including phenoxy) is 1. The van der Waals surface area contributed by atoms with Gasteiger partial charge in [0.05, 0.1) is 0 Å². The van der Waals surface area contributed by atoms with Gasteiger partial charge in [-0.15, -0.1) is 0 Å². The number of nitrogens with two attached hydrogens (primary N) is 1. The van der Waals surface area contributed by atoms with Crippen LogP contribution in [0.4, 0.5) is 10.5 Å². The van der Waals surface area contributed by atoms with E-state index in [2.05, 4.69) is 10.6 Å². The van der Waals surface area contributed by atoms with Crippen molar-refractivity contribution in [3.05, 3.63) is 24.3 Å². The van der Waals surface area contributed by atoms with E-state index in [0.29, 0.717) is 22.5 Å². The van der Waals surface area contributed by atoms with Crippen molar-refractivity contribution < 1.29 is 9.53 Å². The molecule has 1 aromatic carbocycles. The van der Waals surface area contributed by atoms with Gasteiger partial charge in [0.1, 0.15) is 17.3 Å². The first kappa shape index (κ1) is 14.6. The zero-order valence-electron chi connectivity index (χ0n) is 11.2. The van der Waals surface area contributed by atoms with Gasteiger partial charge in [-0.2, -0.15) is 0 Å². The molecule has 0 spiro atoms. The SMILES string of the molecule is NC(=S)COc1cccc(NC(=O)NC2CCCC2)c1. The van der Waals surface area contributed by atoms with E-state index in [1.165, 1.54) is 12.8 Å². The van der Waals surface area contributed by atoms with Gasteiger partial charge in [0, 0.05) is 17.8 Å². The topological polar surface area (TPSA) is 76.4 Å². The summed E-state index contributed by atoms with van der Waals surface area (Å²) in [5, 5.41) is 5.77. The highest BCUT2D eigenvalue weighted by Crippen LogP contribution is 2.19. The molecule has 0 aromatic heterocycles. The van der Waals surface area contributed by atoms with Gasteiger partial charge in [-0.05, 0) is 25.0 Å². The van der Waals surface area contributed by atoms with E-state index in [1.807, 2.05) is 6.07 Å². The lowest BCUT2D eigenvalue weighted by molar-refractivity contribution is 0.248. The highest BCUT2D eigenvalue weighted by molar-refractivity contribution is 7.80. The predicted octanol–water partition coefficient (Wildman–Crippen LogP) is 2.42. The number of anilines is 1. The molecule has 0 radical (unpaired) electrons. The second-order valence-corrected chi connectivity index (χ2v) is 5.39. The fourth-order valence-electron chi connectivity index (χ4n) is 2.24. The smallest absolute Gasteiger partial charge is 0.319 e. The summed E-state index contributed by atoms with van der Waals surface area (Å²) >= 11 is 4.75. The normalized spacial score (nSPS) is 14.8. The van der Waals surface area contributed by atoms with Crippen molar-refractivity contribution in [2.75, 3.05) is 11.9 Å². The summed E-state index contributed by atoms with van der Waals surface area (Å²) in [5.41, 5.74) is 6.06. The number of hydrogen-bond donors (Lipinski definition) is 3. The van der Waals surface area contributed by atoms with Crippen LogP contribution in [-0.2, 0) is 0 Å². The fourth-order valence-corrected chi connectivity index (χ4v) is 2.30. The van der Waals surface area contributed by atoms with Crippen LogP contribution in [0.2, 0.25) is 0 Å². The first-order valence-corrected chi connectivity index (χ1v) is 7.13. The Morgan fingerprint density at radius 3 is 2.85 bits per heavy atom. The number of nitrogens with one attached hydrogen (secondary N) is 2. The molecule has 1 aromatic rings. The molecule has 20 heavy (non-hydrogen) atoms. The standard InChI is InChI=1S/C14H19N3O2S/c15-13(20)9-19-12-7-3-6-11(8-12)17-14(18)16-10-4-1-2-5-10/h3,6-8,10H,1-2,4-5,9H2,(H2,15,20)(H2,16,17,18). The van der Waals surface area contributed by atoms with Crippen molar-refractivity contribution in [2.24, 2.45) is 5.73 Å². The van der Waals surface area contributed by atoms with Crippen molar-refractivity contribution in [3.63, 3.8) is 0 Å². The summed E-state index contributed by atoms with van der Waals surface area (Å²) in [5.74, 6) is 0.622. The molecule has 0 heterocycles. The molecular formula is C14H19N3O2S. The summed E-state index contributed by atoms with van der Waals surface area (Å²) in [6.45, 7) is 0.188. The minimum Gasteiger partial charge on any atom is -0.486 e. The van der Waals surface area contributed by atoms with Gasteiger partial charge < -0.3 is 21.1 Å². The minimum absolute atomic E-state index is 0.177. The second kappa shape index (κ2) is 7.09. The van der Waals surface area contributed by atoms with Crippen molar-refractivity contribution in [3.8, 4) is 5.75 Å². The Bertz CT molecular complexity index is 487. The predicted molar refractivity (Wildman–Crippen MR) is 83.1 cm³/mol. The molecule has 1 fully saturated rings. The van der Waals surface area contributed by atoms with Crippen molar-refractivity contribution in [2.45, 2.75) is 31.7 Å². The molecule has 2 rings (SSSR count). The van der Waals surface area contributed by atoms with E-state index in [0.717, 1.165) is 12.8 Å². The van der Waals surface area contributed by atoms with Crippen LogP contribution in [0.1, 0.15) is 25.7 Å². The Hall–Kier alpha value is -1.82. The third-order valence-corrected chi connectivity index (χ3v) is 3.28. The molecule has 6 heteroatoms. The zero-order valence-corrected chi connectivity index (χ0v) is 12.0. The van der Waals surface area contributed by atoms with Gasteiger partial charge in [-0.25, -0.2) is 4.79 Å². The Morgan fingerprint density at radius 2 is 2.15 bits per heavy atom. The van der Waals surface area contributed by atoms with Gasteiger partial charge in [0.15, 0.2) is 0 Å². The van der Waals surface area contributed by atoms with Crippen LogP contribution >= 0.6 is 12.2 Å². The third-order valence-electron chi connectivity index (χ3n) is 3.16. The molecular weight excluding hydrogens is 274 g/mol. The summed E-state index contributed by atoms with van der Waals surface area (Å²) in [7, 11) is 0. The highest BCUT2D eigenvalue weighted by Gasteiger charge is 2.16. The average molecular weight is 293 g/mol. The van der Waals surface area contributed by atoms with Gasteiger partial charge in [0.25, 0.3) is 0 Å². The highest BCUT2D eigenvalue weighted by atomic mass is 32.1. The van der Waals surface area contributed by atoms with E-state index in [1.54, 1.807) is 18.2 Å². The van der Waals surface area contributed by atoms with Crippen LogP contribution in [0.3, 0.4) is 0 Å². The Morgan fingerprint density at radius 1 is 1.40 bits per heavy atom. The lowest BCUT2D eigenvalue weighted by Gasteiger charge is -2.13. The number of hydrogen-bond acceptors (Lipinski definition) is 3. The molecule has 2 amide bonds. The Labute approximate surface area is 123 Å². The molecule has 4 N–H and O–H groups in total. The summed E-state index contributed by atoms with van der Waals surface area (Å²) in [6.07, 6.45) is 4.50.